The first-order valence-corrected chi connectivity index (χ1v) is 12.6. The van der Waals surface area contributed by atoms with E-state index in [4.69, 9.17) is 9.97 Å². The second kappa shape index (κ2) is 9.62. The highest BCUT2D eigenvalue weighted by molar-refractivity contribution is 5.95. The molecule has 6 nitrogen and oxygen atoms in total. The molecular weight excluding hydrogens is 412 g/mol. The zero-order valence-electron chi connectivity index (χ0n) is 19.6. The topological polar surface area (TPSA) is 66.4 Å². The number of hydrogen-bond donors (Lipinski definition) is 0. The van der Waals surface area contributed by atoms with Crippen LogP contribution in [-0.2, 0) is 22.4 Å². The van der Waals surface area contributed by atoms with Gasteiger partial charge in [0.25, 0.3) is 0 Å². The third kappa shape index (κ3) is 4.66. The Hall–Kier alpha value is -2.76. The van der Waals surface area contributed by atoms with Gasteiger partial charge in [0.05, 0.1) is 0 Å². The minimum atomic E-state index is 0.140. The van der Waals surface area contributed by atoms with Crippen molar-refractivity contribution in [1.82, 2.24) is 14.9 Å². The maximum absolute atomic E-state index is 13.0. The van der Waals surface area contributed by atoms with Gasteiger partial charge >= 0.3 is 0 Å². The number of aromatic nitrogens is 2. The van der Waals surface area contributed by atoms with E-state index in [1.54, 1.807) is 0 Å². The molecule has 0 radical (unpaired) electrons. The van der Waals surface area contributed by atoms with E-state index in [0.29, 0.717) is 31.8 Å². The molecule has 0 spiro atoms. The minimum Gasteiger partial charge on any atom is -0.342 e. The number of amides is 2. The summed E-state index contributed by atoms with van der Waals surface area (Å²) >= 11 is 0. The lowest BCUT2D eigenvalue weighted by Crippen LogP contribution is -2.42. The molecule has 33 heavy (non-hydrogen) atoms. The first kappa shape index (κ1) is 22.1. The first-order valence-electron chi connectivity index (χ1n) is 12.6. The van der Waals surface area contributed by atoms with Gasteiger partial charge in [0.1, 0.15) is 11.6 Å². The molecule has 2 aromatic rings. The van der Waals surface area contributed by atoms with Crippen LogP contribution in [0.1, 0.15) is 73.5 Å². The standard InChI is InChI=1S/C27H34N4O2/c1-19-23-13-14-24(32)31(17-15-20-8-3-2-4-9-20)26(23)29-25(28-19)22-12-7-16-30(18-22)27(33)21-10-5-6-11-21/h2-4,8-9,21-22H,5-7,10-18H2,1H3/t22-/m1/s1. The van der Waals surface area contributed by atoms with Crippen LogP contribution in [-0.4, -0.2) is 46.3 Å². The molecule has 1 saturated carbocycles. The average Bonchev–Trinajstić information content (AvgIpc) is 3.38. The second-order valence-electron chi connectivity index (χ2n) is 9.86. The number of carbonyl (C=O) groups is 2. The van der Waals surface area contributed by atoms with Crippen LogP contribution in [0.3, 0.4) is 0 Å². The zero-order chi connectivity index (χ0) is 22.8. The largest absolute Gasteiger partial charge is 0.342 e. The molecule has 2 amide bonds. The quantitative estimate of drug-likeness (QED) is 0.690. The van der Waals surface area contributed by atoms with Crippen LogP contribution in [0.4, 0.5) is 5.82 Å². The smallest absolute Gasteiger partial charge is 0.228 e. The number of piperidine rings is 1. The number of benzene rings is 1. The molecule has 1 atom stereocenters. The van der Waals surface area contributed by atoms with Gasteiger partial charge in [0, 0.05) is 49.1 Å². The lowest BCUT2D eigenvalue weighted by atomic mass is 9.94. The van der Waals surface area contributed by atoms with E-state index >= 15 is 0 Å². The number of rotatable bonds is 5. The summed E-state index contributed by atoms with van der Waals surface area (Å²) in [5.74, 6) is 2.41. The van der Waals surface area contributed by atoms with Crippen molar-refractivity contribution in [3.8, 4) is 0 Å². The summed E-state index contributed by atoms with van der Waals surface area (Å²) in [6, 6.07) is 10.3. The lowest BCUT2D eigenvalue weighted by molar-refractivity contribution is -0.136. The molecule has 1 aromatic heterocycles. The van der Waals surface area contributed by atoms with Gasteiger partial charge in [-0.25, -0.2) is 9.97 Å². The summed E-state index contributed by atoms with van der Waals surface area (Å²) in [4.78, 5) is 39.7. The minimum absolute atomic E-state index is 0.140. The van der Waals surface area contributed by atoms with Crippen LogP contribution in [0.15, 0.2) is 30.3 Å². The van der Waals surface area contributed by atoms with Crippen molar-refractivity contribution in [2.45, 2.75) is 70.6 Å². The van der Waals surface area contributed by atoms with Gasteiger partial charge < -0.3 is 4.90 Å². The fraction of sp³-hybridized carbons (Fsp3) is 0.556. The van der Waals surface area contributed by atoms with E-state index < -0.39 is 0 Å². The van der Waals surface area contributed by atoms with Gasteiger partial charge in [-0.15, -0.1) is 0 Å². The van der Waals surface area contributed by atoms with Crippen LogP contribution >= 0.6 is 0 Å². The summed E-state index contributed by atoms with van der Waals surface area (Å²) in [5.41, 5.74) is 3.30. The number of anilines is 1. The lowest BCUT2D eigenvalue weighted by Gasteiger charge is -2.35. The van der Waals surface area contributed by atoms with Crippen molar-refractivity contribution in [2.75, 3.05) is 24.5 Å². The summed E-state index contributed by atoms with van der Waals surface area (Å²) in [5, 5.41) is 0. The van der Waals surface area contributed by atoms with E-state index in [1.165, 1.54) is 18.4 Å². The van der Waals surface area contributed by atoms with Gasteiger partial charge in [-0.2, -0.15) is 0 Å². The van der Waals surface area contributed by atoms with Gasteiger partial charge in [0.15, 0.2) is 0 Å². The van der Waals surface area contributed by atoms with Crippen LogP contribution in [0.2, 0.25) is 0 Å². The molecule has 6 heteroatoms. The molecule has 3 aliphatic rings. The predicted molar refractivity (Wildman–Crippen MR) is 128 cm³/mol. The van der Waals surface area contributed by atoms with E-state index in [1.807, 2.05) is 30.0 Å². The molecule has 5 rings (SSSR count). The van der Waals surface area contributed by atoms with Crippen molar-refractivity contribution in [2.24, 2.45) is 5.92 Å². The van der Waals surface area contributed by atoms with Crippen molar-refractivity contribution in [1.29, 1.82) is 0 Å². The molecule has 1 saturated heterocycles. The Morgan fingerprint density at radius 3 is 2.61 bits per heavy atom. The molecule has 174 valence electrons. The van der Waals surface area contributed by atoms with Crippen LogP contribution in [0, 0.1) is 12.8 Å². The molecule has 0 N–H and O–H groups in total. The Bertz CT molecular complexity index is 1020. The van der Waals surface area contributed by atoms with Gasteiger partial charge in [0.2, 0.25) is 11.8 Å². The van der Waals surface area contributed by atoms with Crippen molar-refractivity contribution in [3.63, 3.8) is 0 Å². The molecule has 2 aliphatic heterocycles. The Labute approximate surface area is 196 Å². The Morgan fingerprint density at radius 2 is 1.82 bits per heavy atom. The van der Waals surface area contributed by atoms with Crippen molar-refractivity contribution < 1.29 is 9.59 Å². The predicted octanol–water partition coefficient (Wildman–Crippen LogP) is 4.20. The van der Waals surface area contributed by atoms with Gasteiger partial charge in [-0.05, 0) is 51.0 Å². The third-order valence-electron chi connectivity index (χ3n) is 7.62. The van der Waals surface area contributed by atoms with Crippen LogP contribution < -0.4 is 4.90 Å². The highest BCUT2D eigenvalue weighted by atomic mass is 16.2. The maximum Gasteiger partial charge on any atom is 0.228 e. The Morgan fingerprint density at radius 1 is 1.03 bits per heavy atom. The van der Waals surface area contributed by atoms with E-state index in [-0.39, 0.29) is 17.7 Å². The van der Waals surface area contributed by atoms with Crippen molar-refractivity contribution in [3.05, 3.63) is 53.0 Å². The third-order valence-corrected chi connectivity index (χ3v) is 7.62. The fourth-order valence-corrected chi connectivity index (χ4v) is 5.72. The number of aryl methyl sites for hydroxylation is 1. The van der Waals surface area contributed by atoms with E-state index in [0.717, 1.165) is 61.5 Å². The summed E-state index contributed by atoms with van der Waals surface area (Å²) in [7, 11) is 0. The van der Waals surface area contributed by atoms with Gasteiger partial charge in [-0.3, -0.25) is 14.5 Å². The SMILES string of the molecule is Cc1nc([C@@H]2CCCN(C(=O)C3CCCC3)C2)nc2c1CCC(=O)N2CCc1ccccc1. The number of nitrogens with zero attached hydrogens (tertiary/aromatic N) is 4. The highest BCUT2D eigenvalue weighted by Gasteiger charge is 2.34. The number of fused-ring (bicyclic) bond motifs is 1. The normalized spacial score (nSPS) is 21.4. The van der Waals surface area contributed by atoms with Crippen LogP contribution in [0.5, 0.6) is 0 Å². The average molecular weight is 447 g/mol. The molecule has 2 fully saturated rings. The van der Waals surface area contributed by atoms with Gasteiger partial charge in [-0.1, -0.05) is 43.2 Å². The molecular formula is C27H34N4O2. The highest BCUT2D eigenvalue weighted by Crippen LogP contribution is 2.34. The second-order valence-corrected chi connectivity index (χ2v) is 9.86. The fourth-order valence-electron chi connectivity index (χ4n) is 5.72. The monoisotopic (exact) mass is 446 g/mol. The number of carbonyl (C=O) groups excluding carboxylic acids is 2. The van der Waals surface area contributed by atoms with Crippen molar-refractivity contribution >= 4 is 17.6 Å². The first-order chi connectivity index (χ1) is 16.1. The molecule has 3 heterocycles. The molecule has 1 aromatic carbocycles. The summed E-state index contributed by atoms with van der Waals surface area (Å²) in [6.45, 7) is 4.21. The Kier molecular flexibility index (Phi) is 6.43. The molecule has 1 aliphatic carbocycles. The summed E-state index contributed by atoms with van der Waals surface area (Å²) < 4.78 is 0. The van der Waals surface area contributed by atoms with Crippen LogP contribution in [0.25, 0.3) is 0 Å². The van der Waals surface area contributed by atoms with E-state index in [2.05, 4.69) is 17.0 Å². The summed E-state index contributed by atoms with van der Waals surface area (Å²) in [6.07, 6.45) is 8.42. The number of likely N-dealkylation sites (tertiary alicyclic amines) is 1. The zero-order valence-corrected chi connectivity index (χ0v) is 19.6. The molecule has 0 bridgehead atoms. The maximum atomic E-state index is 13.0. The number of hydrogen-bond acceptors (Lipinski definition) is 4. The Balaban J connectivity index is 1.37. The van der Waals surface area contributed by atoms with E-state index in [9.17, 15) is 9.59 Å². The molecule has 0 unspecified atom stereocenters.